The van der Waals surface area contributed by atoms with Gasteiger partial charge in [0, 0.05) is 55.5 Å². The highest BCUT2D eigenvalue weighted by molar-refractivity contribution is 7.99. The van der Waals surface area contributed by atoms with Gasteiger partial charge in [0.05, 0.1) is 0 Å². The molecule has 0 atom stereocenters. The largest absolute Gasteiger partial charge is 0.339 e. The average Bonchev–Trinajstić information content (AvgIpc) is 3.19. The summed E-state index contributed by atoms with van der Waals surface area (Å²) in [5, 5.41) is 1.96. The van der Waals surface area contributed by atoms with Crippen molar-refractivity contribution in [2.24, 2.45) is 0 Å². The van der Waals surface area contributed by atoms with Crippen molar-refractivity contribution in [3.63, 3.8) is 0 Å². The third-order valence-corrected chi connectivity index (χ3v) is 7.08. The van der Waals surface area contributed by atoms with Gasteiger partial charge < -0.3 is 9.80 Å². The number of rotatable bonds is 5. The molecule has 6 nitrogen and oxygen atoms in total. The van der Waals surface area contributed by atoms with Crippen LogP contribution in [0.15, 0.2) is 47.8 Å². The summed E-state index contributed by atoms with van der Waals surface area (Å²) in [6.45, 7) is 4.05. The zero-order valence-corrected chi connectivity index (χ0v) is 17.8. The normalized spacial score (nSPS) is 14.4. The lowest BCUT2D eigenvalue weighted by molar-refractivity contribution is -0.138. The summed E-state index contributed by atoms with van der Waals surface area (Å²) in [7, 11) is 0. The number of hydrogen-bond donors (Lipinski definition) is 0. The molecule has 3 heterocycles. The third kappa shape index (κ3) is 4.59. The second-order valence-corrected chi connectivity index (χ2v) is 8.97. The SMILES string of the molecule is CC(=O)N1CCN(C(=O)CCSc2ncnc3sc(-c4ccccc4)cc23)CC1. The van der Waals surface area contributed by atoms with Gasteiger partial charge in [0.2, 0.25) is 11.8 Å². The van der Waals surface area contributed by atoms with E-state index in [1.165, 1.54) is 10.4 Å². The molecule has 0 saturated carbocycles. The zero-order valence-electron chi connectivity index (χ0n) is 16.2. The van der Waals surface area contributed by atoms with Crippen LogP contribution in [0.2, 0.25) is 0 Å². The minimum atomic E-state index is 0.0751. The third-order valence-electron chi connectivity index (χ3n) is 4.98. The van der Waals surface area contributed by atoms with Crippen LogP contribution in [0.4, 0.5) is 0 Å². The smallest absolute Gasteiger partial charge is 0.223 e. The molecule has 3 aromatic rings. The molecule has 1 fully saturated rings. The molecule has 1 aliphatic heterocycles. The van der Waals surface area contributed by atoms with Gasteiger partial charge in [-0.25, -0.2) is 9.97 Å². The summed E-state index contributed by atoms with van der Waals surface area (Å²) in [5.74, 6) is 0.890. The first-order valence-corrected chi connectivity index (χ1v) is 11.4. The van der Waals surface area contributed by atoms with Gasteiger partial charge in [-0.3, -0.25) is 9.59 Å². The Labute approximate surface area is 177 Å². The van der Waals surface area contributed by atoms with Gasteiger partial charge in [0.15, 0.2) is 0 Å². The lowest BCUT2D eigenvalue weighted by atomic mass is 10.2. The highest BCUT2D eigenvalue weighted by Gasteiger charge is 2.22. The van der Waals surface area contributed by atoms with Gasteiger partial charge in [-0.1, -0.05) is 30.3 Å². The zero-order chi connectivity index (χ0) is 20.2. The van der Waals surface area contributed by atoms with E-state index < -0.39 is 0 Å². The number of aromatic nitrogens is 2. The molecule has 1 saturated heterocycles. The van der Waals surface area contributed by atoms with Crippen LogP contribution >= 0.6 is 23.1 Å². The van der Waals surface area contributed by atoms with Crippen molar-refractivity contribution in [1.82, 2.24) is 19.8 Å². The fourth-order valence-electron chi connectivity index (χ4n) is 3.36. The maximum absolute atomic E-state index is 12.5. The summed E-state index contributed by atoms with van der Waals surface area (Å²) in [4.78, 5) is 38.5. The molecule has 1 aromatic carbocycles. The first kappa shape index (κ1) is 19.8. The van der Waals surface area contributed by atoms with Gasteiger partial charge in [-0.2, -0.15) is 0 Å². The summed E-state index contributed by atoms with van der Waals surface area (Å²) in [6, 6.07) is 12.4. The standard InChI is InChI=1S/C21H22N4O2S2/c1-15(26)24-8-10-25(11-9-24)19(27)7-12-28-20-17-13-18(16-5-3-2-4-6-16)29-21(17)23-14-22-20/h2-6,13-14H,7-12H2,1H3. The molecule has 4 rings (SSSR count). The van der Waals surface area contributed by atoms with Crippen LogP contribution < -0.4 is 0 Å². The van der Waals surface area contributed by atoms with Crippen LogP contribution in [0.3, 0.4) is 0 Å². The Morgan fingerprint density at radius 3 is 2.52 bits per heavy atom. The van der Waals surface area contributed by atoms with Gasteiger partial charge in [-0.15, -0.1) is 23.1 Å². The molecule has 8 heteroatoms. The number of carbonyl (C=O) groups excluding carboxylic acids is 2. The Morgan fingerprint density at radius 2 is 1.79 bits per heavy atom. The predicted molar refractivity (Wildman–Crippen MR) is 117 cm³/mol. The van der Waals surface area contributed by atoms with E-state index in [1.807, 2.05) is 23.1 Å². The average molecular weight is 427 g/mol. The van der Waals surface area contributed by atoms with E-state index in [0.717, 1.165) is 15.2 Å². The lowest BCUT2D eigenvalue weighted by Gasteiger charge is -2.34. The second kappa shape index (κ2) is 8.92. The topological polar surface area (TPSA) is 66.4 Å². The molecular weight excluding hydrogens is 404 g/mol. The fraction of sp³-hybridized carbons (Fsp3) is 0.333. The van der Waals surface area contributed by atoms with Gasteiger partial charge in [0.1, 0.15) is 16.2 Å². The van der Waals surface area contributed by atoms with Crippen LogP contribution in [0, 0.1) is 0 Å². The molecule has 0 aliphatic carbocycles. The molecule has 1 aliphatic rings. The van der Waals surface area contributed by atoms with Crippen LogP contribution in [0.25, 0.3) is 20.7 Å². The Hall–Kier alpha value is -2.45. The van der Waals surface area contributed by atoms with E-state index >= 15 is 0 Å². The molecule has 150 valence electrons. The van der Waals surface area contributed by atoms with Crippen molar-refractivity contribution < 1.29 is 9.59 Å². The van der Waals surface area contributed by atoms with Crippen LogP contribution in [0.1, 0.15) is 13.3 Å². The van der Waals surface area contributed by atoms with Crippen molar-refractivity contribution in [2.45, 2.75) is 18.4 Å². The number of benzene rings is 1. The van der Waals surface area contributed by atoms with Crippen molar-refractivity contribution in [1.29, 1.82) is 0 Å². The Kier molecular flexibility index (Phi) is 6.10. The highest BCUT2D eigenvalue weighted by atomic mass is 32.2. The highest BCUT2D eigenvalue weighted by Crippen LogP contribution is 2.36. The number of piperazine rings is 1. The van der Waals surface area contributed by atoms with E-state index in [4.69, 9.17) is 0 Å². The van der Waals surface area contributed by atoms with Crippen molar-refractivity contribution in [3.8, 4) is 10.4 Å². The first-order chi connectivity index (χ1) is 14.1. The minimum Gasteiger partial charge on any atom is -0.339 e. The summed E-state index contributed by atoms with van der Waals surface area (Å²) in [6.07, 6.45) is 2.06. The quantitative estimate of drug-likeness (QED) is 0.461. The molecule has 29 heavy (non-hydrogen) atoms. The summed E-state index contributed by atoms with van der Waals surface area (Å²) >= 11 is 3.26. The van der Waals surface area contributed by atoms with Gasteiger partial charge >= 0.3 is 0 Å². The number of thiophene rings is 1. The first-order valence-electron chi connectivity index (χ1n) is 9.58. The maximum atomic E-state index is 12.5. The van der Waals surface area contributed by atoms with E-state index in [1.54, 1.807) is 41.2 Å². The number of hydrogen-bond acceptors (Lipinski definition) is 6. The van der Waals surface area contributed by atoms with E-state index in [2.05, 4.69) is 28.2 Å². The molecule has 0 unspecified atom stereocenters. The van der Waals surface area contributed by atoms with Gasteiger partial charge in [-0.05, 0) is 11.6 Å². The van der Waals surface area contributed by atoms with Crippen LogP contribution in [0.5, 0.6) is 0 Å². The number of amides is 2. The molecule has 2 amide bonds. The van der Waals surface area contributed by atoms with Crippen LogP contribution in [-0.2, 0) is 9.59 Å². The van der Waals surface area contributed by atoms with E-state index in [-0.39, 0.29) is 11.8 Å². The Bertz CT molecular complexity index is 1010. The van der Waals surface area contributed by atoms with Crippen LogP contribution in [-0.4, -0.2) is 63.5 Å². The summed E-state index contributed by atoms with van der Waals surface area (Å²) < 4.78 is 0. The van der Waals surface area contributed by atoms with E-state index in [9.17, 15) is 9.59 Å². The molecule has 0 radical (unpaired) electrons. The molecule has 0 N–H and O–H groups in total. The van der Waals surface area contributed by atoms with E-state index in [0.29, 0.717) is 38.4 Å². The van der Waals surface area contributed by atoms with Crippen molar-refractivity contribution in [3.05, 3.63) is 42.7 Å². The Morgan fingerprint density at radius 1 is 1.07 bits per heavy atom. The van der Waals surface area contributed by atoms with Crippen molar-refractivity contribution >= 4 is 45.1 Å². The molecule has 0 spiro atoms. The number of nitrogens with zero attached hydrogens (tertiary/aromatic N) is 4. The monoisotopic (exact) mass is 426 g/mol. The molecular formula is C21H22N4O2S2. The second-order valence-electron chi connectivity index (χ2n) is 6.86. The Balaban J connectivity index is 1.37. The predicted octanol–water partition coefficient (Wildman–Crippen LogP) is 3.53. The number of carbonyl (C=O) groups is 2. The van der Waals surface area contributed by atoms with Crippen molar-refractivity contribution in [2.75, 3.05) is 31.9 Å². The lowest BCUT2D eigenvalue weighted by Crippen LogP contribution is -2.50. The fourth-order valence-corrected chi connectivity index (χ4v) is 5.33. The minimum absolute atomic E-state index is 0.0751. The number of thioether (sulfide) groups is 1. The van der Waals surface area contributed by atoms with Gasteiger partial charge in [0.25, 0.3) is 0 Å². The number of fused-ring (bicyclic) bond motifs is 1. The molecule has 0 bridgehead atoms. The molecule has 2 aromatic heterocycles. The maximum Gasteiger partial charge on any atom is 0.223 e. The summed E-state index contributed by atoms with van der Waals surface area (Å²) in [5.41, 5.74) is 1.17.